The molecule has 0 aromatic heterocycles. The molecule has 0 aliphatic heterocycles. The largest absolute Gasteiger partial charge is 0.324 e. The molecule has 0 aliphatic carbocycles. The highest BCUT2D eigenvalue weighted by atomic mass is 16.2. The summed E-state index contributed by atoms with van der Waals surface area (Å²) in [5.74, 6) is 0.0168. The SMILES string of the molecule is CCc1cccc(CC)c1NC(=O)C(C)NC. The van der Waals surface area contributed by atoms with E-state index in [1.807, 2.05) is 6.92 Å². The highest BCUT2D eigenvalue weighted by molar-refractivity contribution is 5.95. The lowest BCUT2D eigenvalue weighted by atomic mass is 10.0. The monoisotopic (exact) mass is 234 g/mol. The van der Waals surface area contributed by atoms with Crippen molar-refractivity contribution in [3.8, 4) is 0 Å². The van der Waals surface area contributed by atoms with Gasteiger partial charge in [0.2, 0.25) is 5.91 Å². The van der Waals surface area contributed by atoms with Crippen LogP contribution in [-0.4, -0.2) is 19.0 Å². The minimum Gasteiger partial charge on any atom is -0.324 e. The van der Waals surface area contributed by atoms with Crippen molar-refractivity contribution in [2.75, 3.05) is 12.4 Å². The van der Waals surface area contributed by atoms with E-state index in [2.05, 4.69) is 42.7 Å². The molecule has 3 nitrogen and oxygen atoms in total. The summed E-state index contributed by atoms with van der Waals surface area (Å²) in [5.41, 5.74) is 3.38. The van der Waals surface area contributed by atoms with E-state index in [4.69, 9.17) is 0 Å². The van der Waals surface area contributed by atoms with Crippen LogP contribution in [0.4, 0.5) is 5.69 Å². The smallest absolute Gasteiger partial charge is 0.241 e. The molecule has 1 unspecified atom stereocenters. The van der Waals surface area contributed by atoms with E-state index in [-0.39, 0.29) is 11.9 Å². The molecular formula is C14H22N2O. The van der Waals surface area contributed by atoms with Crippen LogP contribution in [0.25, 0.3) is 0 Å². The zero-order chi connectivity index (χ0) is 12.8. The fraction of sp³-hybridized carbons (Fsp3) is 0.500. The Balaban J connectivity index is 2.99. The number of hydrogen-bond acceptors (Lipinski definition) is 2. The van der Waals surface area contributed by atoms with Crippen molar-refractivity contribution in [2.45, 2.75) is 39.7 Å². The van der Waals surface area contributed by atoms with Gasteiger partial charge in [-0.1, -0.05) is 32.0 Å². The van der Waals surface area contributed by atoms with Gasteiger partial charge >= 0.3 is 0 Å². The molecule has 0 saturated heterocycles. The lowest BCUT2D eigenvalue weighted by Gasteiger charge is -2.17. The molecule has 1 atom stereocenters. The zero-order valence-electron chi connectivity index (χ0n) is 11.1. The zero-order valence-corrected chi connectivity index (χ0v) is 11.1. The number of aryl methyl sites for hydroxylation is 2. The predicted octanol–water partition coefficient (Wildman–Crippen LogP) is 2.36. The third kappa shape index (κ3) is 3.30. The number of hydrogen-bond donors (Lipinski definition) is 2. The molecule has 3 heteroatoms. The summed E-state index contributed by atoms with van der Waals surface area (Å²) in [7, 11) is 1.79. The molecule has 0 saturated carbocycles. The van der Waals surface area contributed by atoms with E-state index in [1.165, 1.54) is 11.1 Å². The van der Waals surface area contributed by atoms with Crippen molar-refractivity contribution in [1.29, 1.82) is 0 Å². The third-order valence-electron chi connectivity index (χ3n) is 3.07. The summed E-state index contributed by atoms with van der Waals surface area (Å²) < 4.78 is 0. The summed E-state index contributed by atoms with van der Waals surface area (Å²) in [6, 6.07) is 6.01. The standard InChI is InChI=1S/C14H22N2O/c1-5-11-8-7-9-12(6-2)13(11)16-14(17)10(3)15-4/h7-10,15H,5-6H2,1-4H3,(H,16,17). The first-order valence-corrected chi connectivity index (χ1v) is 6.22. The summed E-state index contributed by atoms with van der Waals surface area (Å²) in [6.45, 7) is 6.06. The van der Waals surface area contributed by atoms with Crippen LogP contribution in [0.5, 0.6) is 0 Å². The number of amides is 1. The quantitative estimate of drug-likeness (QED) is 0.821. The van der Waals surface area contributed by atoms with Gasteiger partial charge in [0.15, 0.2) is 0 Å². The maximum atomic E-state index is 11.9. The van der Waals surface area contributed by atoms with Crippen molar-refractivity contribution >= 4 is 11.6 Å². The Labute approximate surface area is 104 Å². The molecule has 1 aromatic rings. The Bertz CT molecular complexity index is 366. The first kappa shape index (κ1) is 13.7. The van der Waals surface area contributed by atoms with E-state index >= 15 is 0 Å². The topological polar surface area (TPSA) is 41.1 Å². The molecule has 2 N–H and O–H groups in total. The van der Waals surface area contributed by atoms with Crippen molar-refractivity contribution < 1.29 is 4.79 Å². The van der Waals surface area contributed by atoms with Crippen molar-refractivity contribution in [3.63, 3.8) is 0 Å². The Hall–Kier alpha value is -1.35. The Kier molecular flexibility index (Phi) is 5.16. The molecule has 1 aromatic carbocycles. The molecule has 0 aliphatic rings. The number of para-hydroxylation sites is 1. The fourth-order valence-corrected chi connectivity index (χ4v) is 1.77. The van der Waals surface area contributed by atoms with E-state index in [9.17, 15) is 4.79 Å². The molecule has 0 spiro atoms. The van der Waals surface area contributed by atoms with Gasteiger partial charge in [-0.25, -0.2) is 0 Å². The van der Waals surface area contributed by atoms with Crippen LogP contribution in [0, 0.1) is 0 Å². The summed E-state index contributed by atoms with van der Waals surface area (Å²) in [5, 5.41) is 5.98. The van der Waals surface area contributed by atoms with Gasteiger partial charge in [-0.05, 0) is 37.9 Å². The van der Waals surface area contributed by atoms with E-state index < -0.39 is 0 Å². The number of anilines is 1. The molecule has 1 rings (SSSR count). The van der Waals surface area contributed by atoms with Crippen molar-refractivity contribution in [3.05, 3.63) is 29.3 Å². The molecular weight excluding hydrogens is 212 g/mol. The van der Waals surface area contributed by atoms with Gasteiger partial charge in [0, 0.05) is 5.69 Å². The molecule has 0 heterocycles. The minimum atomic E-state index is -0.176. The van der Waals surface area contributed by atoms with Crippen LogP contribution in [0.15, 0.2) is 18.2 Å². The molecule has 94 valence electrons. The first-order chi connectivity index (χ1) is 8.13. The lowest BCUT2D eigenvalue weighted by Crippen LogP contribution is -2.36. The number of carbonyl (C=O) groups excluding carboxylic acids is 1. The second-order valence-corrected chi connectivity index (χ2v) is 4.16. The van der Waals surface area contributed by atoms with Crippen LogP contribution in [0.2, 0.25) is 0 Å². The first-order valence-electron chi connectivity index (χ1n) is 6.22. The van der Waals surface area contributed by atoms with Crippen LogP contribution >= 0.6 is 0 Å². The van der Waals surface area contributed by atoms with E-state index in [0.29, 0.717) is 0 Å². The van der Waals surface area contributed by atoms with Gasteiger partial charge in [0.25, 0.3) is 0 Å². The summed E-state index contributed by atoms with van der Waals surface area (Å²) in [6.07, 6.45) is 1.86. The van der Waals surface area contributed by atoms with Crippen LogP contribution in [-0.2, 0) is 17.6 Å². The van der Waals surface area contributed by atoms with Gasteiger partial charge < -0.3 is 10.6 Å². The highest BCUT2D eigenvalue weighted by Crippen LogP contribution is 2.22. The van der Waals surface area contributed by atoms with Gasteiger partial charge in [0.05, 0.1) is 6.04 Å². The van der Waals surface area contributed by atoms with Crippen LogP contribution < -0.4 is 10.6 Å². The van der Waals surface area contributed by atoms with Gasteiger partial charge in [0.1, 0.15) is 0 Å². The molecule has 0 fully saturated rings. The summed E-state index contributed by atoms with van der Waals surface area (Å²) in [4.78, 5) is 11.9. The molecule has 1 amide bonds. The second-order valence-electron chi connectivity index (χ2n) is 4.16. The molecule has 0 radical (unpaired) electrons. The number of carbonyl (C=O) groups is 1. The molecule has 0 bridgehead atoms. The second kappa shape index (κ2) is 6.40. The third-order valence-corrected chi connectivity index (χ3v) is 3.07. The van der Waals surface area contributed by atoms with Crippen molar-refractivity contribution in [1.82, 2.24) is 5.32 Å². The normalized spacial score (nSPS) is 12.2. The molecule has 17 heavy (non-hydrogen) atoms. The fourth-order valence-electron chi connectivity index (χ4n) is 1.77. The number of nitrogens with one attached hydrogen (secondary N) is 2. The average molecular weight is 234 g/mol. The van der Waals surface area contributed by atoms with Gasteiger partial charge in [-0.15, -0.1) is 0 Å². The van der Waals surface area contributed by atoms with E-state index in [1.54, 1.807) is 7.05 Å². The van der Waals surface area contributed by atoms with Crippen LogP contribution in [0.3, 0.4) is 0 Å². The highest BCUT2D eigenvalue weighted by Gasteiger charge is 2.14. The minimum absolute atomic E-state index is 0.0168. The van der Waals surface area contributed by atoms with Crippen molar-refractivity contribution in [2.24, 2.45) is 0 Å². The Morgan fingerprint density at radius 3 is 2.18 bits per heavy atom. The Morgan fingerprint density at radius 2 is 1.76 bits per heavy atom. The van der Waals surface area contributed by atoms with Gasteiger partial charge in [-0.3, -0.25) is 4.79 Å². The lowest BCUT2D eigenvalue weighted by molar-refractivity contribution is -0.117. The summed E-state index contributed by atoms with van der Waals surface area (Å²) >= 11 is 0. The average Bonchev–Trinajstić information content (AvgIpc) is 2.37. The number of benzene rings is 1. The van der Waals surface area contributed by atoms with Crippen LogP contribution in [0.1, 0.15) is 31.9 Å². The predicted molar refractivity (Wildman–Crippen MR) is 72.3 cm³/mol. The maximum absolute atomic E-state index is 11.9. The Morgan fingerprint density at radius 1 is 1.24 bits per heavy atom. The van der Waals surface area contributed by atoms with E-state index in [0.717, 1.165) is 18.5 Å². The number of likely N-dealkylation sites (N-methyl/N-ethyl adjacent to an activating group) is 1. The maximum Gasteiger partial charge on any atom is 0.241 e. The number of rotatable bonds is 5. The van der Waals surface area contributed by atoms with Gasteiger partial charge in [-0.2, -0.15) is 0 Å².